The van der Waals surface area contributed by atoms with Crippen LogP contribution in [-0.2, 0) is 4.79 Å². The fourth-order valence-electron chi connectivity index (χ4n) is 0.830. The summed E-state index contributed by atoms with van der Waals surface area (Å²) in [4.78, 5) is 10.6. The van der Waals surface area contributed by atoms with E-state index in [0.717, 1.165) is 0 Å². The van der Waals surface area contributed by atoms with Crippen molar-refractivity contribution in [1.29, 1.82) is 0 Å². The summed E-state index contributed by atoms with van der Waals surface area (Å²) in [6.07, 6.45) is 3.55. The highest BCUT2D eigenvalue weighted by atomic mass is 32.3. The Morgan fingerprint density at radius 3 is 2.40 bits per heavy atom. The molecule has 1 aliphatic rings. The van der Waals surface area contributed by atoms with Gasteiger partial charge in [0, 0.05) is 0 Å². The standard InChI is InChI=1S/C7H10O2S/c1-7(8)6-10(9)4-2-3-5-10/h2-5,9H,6H2,1H3. The van der Waals surface area contributed by atoms with Gasteiger partial charge in [-0.25, -0.2) is 0 Å². The van der Waals surface area contributed by atoms with E-state index < -0.39 is 10.3 Å². The van der Waals surface area contributed by atoms with E-state index in [2.05, 4.69) is 0 Å². The van der Waals surface area contributed by atoms with Gasteiger partial charge in [0.25, 0.3) is 0 Å². The number of ketones is 1. The fourth-order valence-corrected chi connectivity index (χ4v) is 2.49. The smallest absolute Gasteiger partial charge is 0.140 e. The van der Waals surface area contributed by atoms with E-state index in [1.165, 1.54) is 6.92 Å². The number of allylic oxidation sites excluding steroid dienone is 2. The molecule has 0 fully saturated rings. The lowest BCUT2D eigenvalue weighted by Gasteiger charge is -2.21. The second kappa shape index (κ2) is 2.60. The van der Waals surface area contributed by atoms with E-state index in [1.807, 2.05) is 0 Å². The normalized spacial score (nSPS) is 23.0. The molecule has 0 saturated heterocycles. The molecule has 0 spiro atoms. The molecule has 0 aromatic rings. The zero-order chi connectivity index (χ0) is 7.61. The van der Waals surface area contributed by atoms with Gasteiger partial charge < -0.3 is 4.55 Å². The summed E-state index contributed by atoms with van der Waals surface area (Å²) < 4.78 is 9.55. The molecule has 0 aliphatic carbocycles. The highest BCUT2D eigenvalue weighted by Crippen LogP contribution is 2.49. The van der Waals surface area contributed by atoms with Gasteiger partial charge in [-0.3, -0.25) is 4.79 Å². The summed E-state index contributed by atoms with van der Waals surface area (Å²) in [5.41, 5.74) is 0. The van der Waals surface area contributed by atoms with Crippen LogP contribution in [0.1, 0.15) is 6.92 Å². The lowest BCUT2D eigenvalue weighted by molar-refractivity contribution is -0.114. The van der Waals surface area contributed by atoms with Crippen molar-refractivity contribution < 1.29 is 9.35 Å². The Balaban J connectivity index is 2.62. The Bertz CT molecular complexity index is 194. The van der Waals surface area contributed by atoms with Crippen molar-refractivity contribution in [2.45, 2.75) is 6.92 Å². The van der Waals surface area contributed by atoms with Crippen LogP contribution in [0.3, 0.4) is 0 Å². The second-order valence-electron chi connectivity index (χ2n) is 2.31. The summed E-state index contributed by atoms with van der Waals surface area (Å²) in [5.74, 6) is 0.300. The van der Waals surface area contributed by atoms with Crippen molar-refractivity contribution in [3.63, 3.8) is 0 Å². The molecule has 10 heavy (non-hydrogen) atoms. The highest BCUT2D eigenvalue weighted by Gasteiger charge is 2.17. The quantitative estimate of drug-likeness (QED) is 0.666. The van der Waals surface area contributed by atoms with Crippen LogP contribution in [0.4, 0.5) is 0 Å². The molecular formula is C7H10O2S. The van der Waals surface area contributed by atoms with E-state index in [9.17, 15) is 9.35 Å². The minimum atomic E-state index is -1.81. The molecule has 0 unspecified atom stereocenters. The molecule has 1 aliphatic heterocycles. The van der Waals surface area contributed by atoms with Crippen LogP contribution in [0, 0.1) is 0 Å². The number of rotatable bonds is 2. The van der Waals surface area contributed by atoms with Gasteiger partial charge >= 0.3 is 0 Å². The zero-order valence-electron chi connectivity index (χ0n) is 5.78. The monoisotopic (exact) mass is 158 g/mol. The predicted molar refractivity (Wildman–Crippen MR) is 44.0 cm³/mol. The van der Waals surface area contributed by atoms with Crippen molar-refractivity contribution in [1.82, 2.24) is 0 Å². The van der Waals surface area contributed by atoms with Crippen LogP contribution >= 0.6 is 10.3 Å². The van der Waals surface area contributed by atoms with Gasteiger partial charge in [0.2, 0.25) is 0 Å². The van der Waals surface area contributed by atoms with Gasteiger partial charge in [-0.2, -0.15) is 0 Å². The van der Waals surface area contributed by atoms with Crippen LogP contribution in [0.15, 0.2) is 23.0 Å². The molecule has 0 radical (unpaired) electrons. The first kappa shape index (κ1) is 7.57. The molecule has 0 atom stereocenters. The molecular weight excluding hydrogens is 148 g/mol. The summed E-state index contributed by atoms with van der Waals surface area (Å²) in [7, 11) is -1.81. The van der Waals surface area contributed by atoms with E-state index >= 15 is 0 Å². The first-order valence-corrected chi connectivity index (χ1v) is 4.89. The van der Waals surface area contributed by atoms with Crippen molar-refractivity contribution in [3.8, 4) is 0 Å². The Morgan fingerprint density at radius 2 is 2.00 bits per heavy atom. The number of carbonyl (C=O) groups excluding carboxylic acids is 1. The van der Waals surface area contributed by atoms with Crippen molar-refractivity contribution >= 4 is 16.1 Å². The van der Waals surface area contributed by atoms with Crippen LogP contribution in [-0.4, -0.2) is 16.1 Å². The highest BCUT2D eigenvalue weighted by molar-refractivity contribution is 8.34. The van der Waals surface area contributed by atoms with Crippen LogP contribution in [0.5, 0.6) is 0 Å². The van der Waals surface area contributed by atoms with E-state index in [-0.39, 0.29) is 11.5 Å². The topological polar surface area (TPSA) is 37.3 Å². The second-order valence-corrected chi connectivity index (χ2v) is 4.76. The number of hydrogen-bond donors (Lipinski definition) is 1. The molecule has 0 aromatic carbocycles. The Kier molecular flexibility index (Phi) is 1.97. The van der Waals surface area contributed by atoms with Gasteiger partial charge in [0.05, 0.1) is 5.75 Å². The first-order valence-electron chi connectivity index (χ1n) is 3.00. The van der Waals surface area contributed by atoms with Crippen molar-refractivity contribution in [2.75, 3.05) is 5.75 Å². The van der Waals surface area contributed by atoms with Gasteiger partial charge in [-0.1, -0.05) is 22.5 Å². The molecule has 1 N–H and O–H groups in total. The average molecular weight is 158 g/mol. The number of hydrogen-bond acceptors (Lipinski definition) is 2. The van der Waals surface area contributed by atoms with Crippen LogP contribution in [0.25, 0.3) is 0 Å². The van der Waals surface area contributed by atoms with E-state index in [0.29, 0.717) is 0 Å². The molecule has 1 rings (SSSR count). The molecule has 0 bridgehead atoms. The number of Topliss-reactive ketones (excluding diaryl/α,β-unsaturated/α-hetero) is 1. The summed E-state index contributed by atoms with van der Waals surface area (Å²) in [6, 6.07) is 0. The maximum absolute atomic E-state index is 10.6. The molecule has 1 heterocycles. The largest absolute Gasteiger partial charge is 0.344 e. The van der Waals surface area contributed by atoms with Crippen LogP contribution < -0.4 is 0 Å². The van der Waals surface area contributed by atoms with Gasteiger partial charge in [0.15, 0.2) is 0 Å². The number of carbonyl (C=O) groups is 1. The van der Waals surface area contributed by atoms with Crippen molar-refractivity contribution in [3.05, 3.63) is 23.0 Å². The van der Waals surface area contributed by atoms with E-state index in [1.54, 1.807) is 23.0 Å². The molecule has 0 aromatic heterocycles. The first-order chi connectivity index (χ1) is 4.62. The van der Waals surface area contributed by atoms with Gasteiger partial charge in [0.1, 0.15) is 5.78 Å². The predicted octanol–water partition coefficient (Wildman–Crippen LogP) is 1.89. The molecule has 56 valence electrons. The third kappa shape index (κ3) is 1.72. The third-order valence-electron chi connectivity index (χ3n) is 1.17. The van der Waals surface area contributed by atoms with Crippen molar-refractivity contribution in [2.24, 2.45) is 0 Å². The molecule has 0 amide bonds. The maximum Gasteiger partial charge on any atom is 0.140 e. The Morgan fingerprint density at radius 1 is 1.50 bits per heavy atom. The summed E-state index contributed by atoms with van der Waals surface area (Å²) >= 11 is 0. The molecule has 0 saturated carbocycles. The molecule has 3 heteroatoms. The third-order valence-corrected chi connectivity index (χ3v) is 3.30. The average Bonchev–Trinajstić information content (AvgIpc) is 2.12. The fraction of sp³-hybridized carbons (Fsp3) is 0.286. The minimum Gasteiger partial charge on any atom is -0.344 e. The minimum absolute atomic E-state index is 0.0358. The maximum atomic E-state index is 10.6. The summed E-state index contributed by atoms with van der Waals surface area (Å²) in [5, 5.41) is 3.41. The van der Waals surface area contributed by atoms with Crippen LogP contribution in [0.2, 0.25) is 0 Å². The molecule has 2 nitrogen and oxygen atoms in total. The lowest BCUT2D eigenvalue weighted by atomic mass is 10.5. The lowest BCUT2D eigenvalue weighted by Crippen LogP contribution is -2.04. The Hall–Kier alpha value is -0.540. The zero-order valence-corrected chi connectivity index (χ0v) is 6.60. The van der Waals surface area contributed by atoms with E-state index in [4.69, 9.17) is 0 Å². The van der Waals surface area contributed by atoms with Gasteiger partial charge in [-0.15, -0.1) is 0 Å². The SMILES string of the molecule is CC(=O)CS1(O)C=CC=C1. The van der Waals surface area contributed by atoms with Gasteiger partial charge in [-0.05, 0) is 17.7 Å². The Labute approximate surface area is 61.8 Å². The summed E-state index contributed by atoms with van der Waals surface area (Å²) in [6.45, 7) is 1.49.